The second kappa shape index (κ2) is 11.0. The van der Waals surface area contributed by atoms with Crippen molar-refractivity contribution in [2.24, 2.45) is 0 Å². The summed E-state index contributed by atoms with van der Waals surface area (Å²) in [5.41, 5.74) is 13.1. The monoisotopic (exact) mass is 622 g/mol. The molecule has 0 radical (unpaired) electrons. The Kier molecular flexibility index (Phi) is 6.33. The Labute approximate surface area is 286 Å². The highest BCUT2D eigenvalue weighted by molar-refractivity contribution is 6.13. The van der Waals surface area contributed by atoms with Crippen LogP contribution in [0.2, 0.25) is 0 Å². The highest BCUT2D eigenvalue weighted by Gasteiger charge is 2.24. The lowest BCUT2D eigenvalue weighted by Gasteiger charge is -2.27. The molecule has 1 aliphatic carbocycles. The van der Waals surface area contributed by atoms with Gasteiger partial charge in [0.15, 0.2) is 0 Å². The molecule has 0 aliphatic heterocycles. The van der Waals surface area contributed by atoms with Crippen LogP contribution in [0.25, 0.3) is 87.6 Å². The summed E-state index contributed by atoms with van der Waals surface area (Å²) in [4.78, 5) is 0. The van der Waals surface area contributed by atoms with E-state index in [-0.39, 0.29) is 0 Å². The van der Waals surface area contributed by atoms with Gasteiger partial charge in [-0.25, -0.2) is 0 Å². The van der Waals surface area contributed by atoms with E-state index in [9.17, 15) is 0 Å². The predicted molar refractivity (Wildman–Crippen MR) is 210 cm³/mol. The summed E-state index contributed by atoms with van der Waals surface area (Å²) >= 11 is 0. The first-order valence-corrected chi connectivity index (χ1v) is 17.4. The molecule has 0 spiro atoms. The highest BCUT2D eigenvalue weighted by Crippen LogP contribution is 2.44. The van der Waals surface area contributed by atoms with E-state index in [1.165, 1.54) is 98.7 Å². The summed E-state index contributed by atoms with van der Waals surface area (Å²) in [6, 6.07) is 63.2. The molecule has 9 aromatic carbocycles. The van der Waals surface area contributed by atoms with E-state index in [1.54, 1.807) is 0 Å². The zero-order valence-electron chi connectivity index (χ0n) is 27.5. The fourth-order valence-electron chi connectivity index (χ4n) is 8.39. The molecule has 0 bridgehead atoms. The van der Waals surface area contributed by atoms with Crippen molar-refractivity contribution in [2.45, 2.75) is 19.3 Å². The van der Waals surface area contributed by atoms with Gasteiger partial charge in [0.2, 0.25) is 0 Å². The highest BCUT2D eigenvalue weighted by atomic mass is 14.3. The van der Waals surface area contributed by atoms with Gasteiger partial charge in [-0.3, -0.25) is 0 Å². The SMILES string of the molecule is CC1Cc2c(ccc3ccc4ccc(-c5cccc(-c6cccc(-c7ccc8ccc9ccccc9c8c7)c6)c5)cc4c23)-c2ccccc21. The molecule has 0 aromatic heterocycles. The van der Waals surface area contributed by atoms with E-state index in [4.69, 9.17) is 0 Å². The topological polar surface area (TPSA) is 0 Å². The molecule has 9 aromatic rings. The van der Waals surface area contributed by atoms with Gasteiger partial charge < -0.3 is 0 Å². The zero-order chi connectivity index (χ0) is 32.5. The van der Waals surface area contributed by atoms with Gasteiger partial charge in [-0.15, -0.1) is 0 Å². The summed E-state index contributed by atoms with van der Waals surface area (Å²) in [5.74, 6) is 0.495. The van der Waals surface area contributed by atoms with Crippen LogP contribution in [0, 0.1) is 0 Å². The molecule has 0 saturated heterocycles. The van der Waals surface area contributed by atoms with Crippen molar-refractivity contribution < 1.29 is 0 Å². The van der Waals surface area contributed by atoms with Gasteiger partial charge in [0.25, 0.3) is 0 Å². The van der Waals surface area contributed by atoms with Crippen LogP contribution in [-0.2, 0) is 6.42 Å². The Balaban J connectivity index is 1.07. The largest absolute Gasteiger partial charge is 0.0619 e. The van der Waals surface area contributed by atoms with Crippen molar-refractivity contribution in [2.75, 3.05) is 0 Å². The molecule has 0 heteroatoms. The molecule has 0 heterocycles. The molecule has 1 atom stereocenters. The van der Waals surface area contributed by atoms with Crippen LogP contribution >= 0.6 is 0 Å². The van der Waals surface area contributed by atoms with Crippen LogP contribution in [0.15, 0.2) is 170 Å². The fourth-order valence-corrected chi connectivity index (χ4v) is 8.39. The number of hydrogen-bond donors (Lipinski definition) is 0. The number of benzene rings is 9. The maximum absolute atomic E-state index is 2.43. The summed E-state index contributed by atoms with van der Waals surface area (Å²) in [6.45, 7) is 2.37. The molecular weight excluding hydrogens is 589 g/mol. The third kappa shape index (κ3) is 4.60. The molecular formula is C49H34. The summed E-state index contributed by atoms with van der Waals surface area (Å²) in [6.07, 6.45) is 1.06. The normalized spacial score (nSPS) is 13.9. The standard InChI is InChI=1S/C49H34/c1-31-26-48-45(44-15-5-4-13-42(31)44)25-24-35-21-18-34-20-23-41(30-47(34)49(35)48)39-12-7-10-37(28-39)36-9-6-11-38(27-36)40-22-19-33-17-16-32-8-2-3-14-43(32)46(33)29-40/h2-25,27-31H,26H2,1H3. The van der Waals surface area contributed by atoms with Crippen molar-refractivity contribution in [3.63, 3.8) is 0 Å². The van der Waals surface area contributed by atoms with Gasteiger partial charge in [-0.1, -0.05) is 153 Å². The lowest BCUT2D eigenvalue weighted by atomic mass is 9.77. The van der Waals surface area contributed by atoms with Gasteiger partial charge in [-0.2, -0.15) is 0 Å². The summed E-state index contributed by atoms with van der Waals surface area (Å²) in [5, 5.41) is 10.5. The van der Waals surface area contributed by atoms with Crippen LogP contribution in [0.5, 0.6) is 0 Å². The van der Waals surface area contributed by atoms with Gasteiger partial charge in [0.1, 0.15) is 0 Å². The minimum absolute atomic E-state index is 0.495. The van der Waals surface area contributed by atoms with Crippen molar-refractivity contribution in [3.8, 4) is 44.5 Å². The molecule has 0 saturated carbocycles. The molecule has 49 heavy (non-hydrogen) atoms. The number of rotatable bonds is 3. The summed E-state index contributed by atoms with van der Waals surface area (Å²) in [7, 11) is 0. The second-order valence-electron chi connectivity index (χ2n) is 13.8. The first-order chi connectivity index (χ1) is 24.2. The Morgan fingerprint density at radius 3 is 1.59 bits per heavy atom. The van der Waals surface area contributed by atoms with E-state index in [2.05, 4.69) is 177 Å². The third-order valence-electron chi connectivity index (χ3n) is 10.9. The van der Waals surface area contributed by atoms with Crippen LogP contribution in [0.4, 0.5) is 0 Å². The molecule has 1 unspecified atom stereocenters. The Morgan fingerprint density at radius 2 is 0.878 bits per heavy atom. The van der Waals surface area contributed by atoms with E-state index in [0.29, 0.717) is 5.92 Å². The van der Waals surface area contributed by atoms with Crippen LogP contribution in [0.1, 0.15) is 24.0 Å². The lowest BCUT2D eigenvalue weighted by molar-refractivity contribution is 0.754. The quantitative estimate of drug-likeness (QED) is 0.172. The van der Waals surface area contributed by atoms with Crippen molar-refractivity contribution in [1.82, 2.24) is 0 Å². The van der Waals surface area contributed by atoms with E-state index in [1.807, 2.05) is 0 Å². The van der Waals surface area contributed by atoms with E-state index >= 15 is 0 Å². The minimum Gasteiger partial charge on any atom is -0.0619 e. The molecule has 0 amide bonds. The first-order valence-electron chi connectivity index (χ1n) is 17.4. The van der Waals surface area contributed by atoms with Gasteiger partial charge in [0, 0.05) is 0 Å². The Hall–Kier alpha value is -5.98. The molecule has 230 valence electrons. The molecule has 0 nitrogen and oxygen atoms in total. The van der Waals surface area contributed by atoms with Crippen molar-refractivity contribution >= 4 is 43.1 Å². The maximum atomic E-state index is 2.43. The summed E-state index contributed by atoms with van der Waals surface area (Å²) < 4.78 is 0. The van der Waals surface area contributed by atoms with Crippen LogP contribution in [-0.4, -0.2) is 0 Å². The fraction of sp³-hybridized carbons (Fsp3) is 0.0612. The predicted octanol–water partition coefficient (Wildman–Crippen LogP) is 13.6. The molecule has 10 rings (SSSR count). The molecule has 1 aliphatic rings. The van der Waals surface area contributed by atoms with Crippen molar-refractivity contribution in [1.29, 1.82) is 0 Å². The molecule has 0 N–H and O–H groups in total. The van der Waals surface area contributed by atoms with E-state index in [0.717, 1.165) is 6.42 Å². The average molecular weight is 623 g/mol. The second-order valence-corrected chi connectivity index (χ2v) is 13.8. The van der Waals surface area contributed by atoms with Crippen molar-refractivity contribution in [3.05, 3.63) is 181 Å². The van der Waals surface area contributed by atoms with Crippen LogP contribution < -0.4 is 0 Å². The van der Waals surface area contributed by atoms with Gasteiger partial charge in [0.05, 0.1) is 0 Å². The van der Waals surface area contributed by atoms with Crippen LogP contribution in [0.3, 0.4) is 0 Å². The average Bonchev–Trinajstić information content (AvgIpc) is 3.17. The lowest BCUT2D eigenvalue weighted by Crippen LogP contribution is -2.09. The zero-order valence-corrected chi connectivity index (χ0v) is 27.5. The first kappa shape index (κ1) is 28.1. The molecule has 0 fully saturated rings. The number of hydrogen-bond acceptors (Lipinski definition) is 0. The Bertz CT molecular complexity index is 2760. The van der Waals surface area contributed by atoms with Gasteiger partial charge >= 0.3 is 0 Å². The van der Waals surface area contributed by atoms with Gasteiger partial charge in [-0.05, 0) is 135 Å². The smallest absolute Gasteiger partial charge is 0.00667 e. The minimum atomic E-state index is 0.495. The van der Waals surface area contributed by atoms with E-state index < -0.39 is 0 Å². The third-order valence-corrected chi connectivity index (χ3v) is 10.9. The maximum Gasteiger partial charge on any atom is -0.00667 e. The Morgan fingerprint density at radius 1 is 0.367 bits per heavy atom. The number of fused-ring (bicyclic) bond motifs is 10.